The van der Waals surface area contributed by atoms with Crippen molar-refractivity contribution in [3.05, 3.63) is 53.7 Å². The van der Waals surface area contributed by atoms with Crippen LogP contribution in [0.1, 0.15) is 42.7 Å². The van der Waals surface area contributed by atoms with Crippen LogP contribution in [0.25, 0.3) is 0 Å². The number of urea groups is 1. The van der Waals surface area contributed by atoms with Crippen LogP contribution in [-0.2, 0) is 6.42 Å². The molecule has 2 N–H and O–H groups in total. The number of amides is 2. The predicted molar refractivity (Wildman–Crippen MR) is 105 cm³/mol. The number of rotatable bonds is 4. The first-order valence-corrected chi connectivity index (χ1v) is 9.64. The molecule has 2 aromatic rings. The Morgan fingerprint density at radius 1 is 1.12 bits per heavy atom. The second-order valence-corrected chi connectivity index (χ2v) is 7.19. The summed E-state index contributed by atoms with van der Waals surface area (Å²) in [5.74, 6) is 1.28. The molecule has 1 fully saturated rings. The Morgan fingerprint density at radius 2 is 1.96 bits per heavy atom. The lowest BCUT2D eigenvalue weighted by Crippen LogP contribution is -2.34. The first kappa shape index (κ1) is 16.9. The van der Waals surface area contributed by atoms with Gasteiger partial charge >= 0.3 is 6.03 Å². The summed E-state index contributed by atoms with van der Waals surface area (Å²) in [6.07, 6.45) is 7.62. The highest BCUT2D eigenvalue weighted by molar-refractivity contribution is 5.92. The number of pyridine rings is 1. The molecule has 0 radical (unpaired) electrons. The van der Waals surface area contributed by atoms with E-state index in [2.05, 4.69) is 44.8 Å². The van der Waals surface area contributed by atoms with Crippen molar-refractivity contribution in [3.63, 3.8) is 0 Å². The monoisotopic (exact) mass is 350 g/mol. The number of carbonyl (C=O) groups is 1. The molecular formula is C21H26N4O. The molecule has 0 saturated carbocycles. The zero-order valence-electron chi connectivity index (χ0n) is 15.1. The molecular weight excluding hydrogens is 324 g/mol. The van der Waals surface area contributed by atoms with Gasteiger partial charge in [-0.25, -0.2) is 9.78 Å². The molecule has 1 aliphatic carbocycles. The number of anilines is 2. The summed E-state index contributed by atoms with van der Waals surface area (Å²) in [5, 5.41) is 6.06. The third-order valence-corrected chi connectivity index (χ3v) is 5.44. The maximum absolute atomic E-state index is 12.5. The standard InChI is InChI=1S/C21H26N4O/c26-21(23-15-17-9-5-8-16-7-1-2-10-18(16)17)24-19-11-6-12-22-20(19)25-13-3-4-14-25/h1-2,6-7,10-12,17H,3-5,8-9,13-15H2,(H2,23,24,26). The molecule has 1 aromatic heterocycles. The van der Waals surface area contributed by atoms with Gasteiger partial charge in [0.2, 0.25) is 0 Å². The zero-order chi connectivity index (χ0) is 17.8. The molecule has 1 aromatic carbocycles. The Labute approximate surface area is 154 Å². The summed E-state index contributed by atoms with van der Waals surface area (Å²) in [6, 6.07) is 12.2. The van der Waals surface area contributed by atoms with Gasteiger partial charge < -0.3 is 15.5 Å². The molecule has 1 saturated heterocycles. The third-order valence-electron chi connectivity index (χ3n) is 5.44. The van der Waals surface area contributed by atoms with Crippen LogP contribution < -0.4 is 15.5 Å². The minimum Gasteiger partial charge on any atom is -0.355 e. The molecule has 2 amide bonds. The number of carbonyl (C=O) groups excluding carboxylic acids is 1. The van der Waals surface area contributed by atoms with Crippen molar-refractivity contribution in [2.45, 2.75) is 38.0 Å². The molecule has 0 bridgehead atoms. The predicted octanol–water partition coefficient (Wildman–Crippen LogP) is 3.92. The number of fused-ring (bicyclic) bond motifs is 1. The summed E-state index contributed by atoms with van der Waals surface area (Å²) in [4.78, 5) is 19.2. The van der Waals surface area contributed by atoms with Gasteiger partial charge in [-0.3, -0.25) is 0 Å². The van der Waals surface area contributed by atoms with Crippen molar-refractivity contribution >= 4 is 17.5 Å². The topological polar surface area (TPSA) is 57.3 Å². The number of nitrogens with one attached hydrogen (secondary N) is 2. The van der Waals surface area contributed by atoms with E-state index in [-0.39, 0.29) is 6.03 Å². The molecule has 0 spiro atoms. The first-order valence-electron chi connectivity index (χ1n) is 9.64. The average Bonchev–Trinajstić information content (AvgIpc) is 3.21. The van der Waals surface area contributed by atoms with Crippen LogP contribution in [0, 0.1) is 0 Å². The Balaban J connectivity index is 1.38. The Bertz CT molecular complexity index is 770. The van der Waals surface area contributed by atoms with Gasteiger partial charge in [0.25, 0.3) is 0 Å². The molecule has 2 aliphatic rings. The van der Waals surface area contributed by atoms with Gasteiger partial charge in [-0.2, -0.15) is 0 Å². The van der Waals surface area contributed by atoms with E-state index in [1.807, 2.05) is 12.1 Å². The smallest absolute Gasteiger partial charge is 0.319 e. The van der Waals surface area contributed by atoms with Crippen LogP contribution in [0.3, 0.4) is 0 Å². The van der Waals surface area contributed by atoms with Crippen molar-refractivity contribution in [1.82, 2.24) is 10.3 Å². The van der Waals surface area contributed by atoms with E-state index in [0.29, 0.717) is 12.5 Å². The summed E-state index contributed by atoms with van der Waals surface area (Å²) in [6.45, 7) is 2.68. The van der Waals surface area contributed by atoms with Crippen molar-refractivity contribution in [3.8, 4) is 0 Å². The largest absolute Gasteiger partial charge is 0.355 e. The van der Waals surface area contributed by atoms with Gasteiger partial charge in [-0.15, -0.1) is 0 Å². The Morgan fingerprint density at radius 3 is 2.85 bits per heavy atom. The Hall–Kier alpha value is -2.56. The van der Waals surface area contributed by atoms with Crippen LogP contribution >= 0.6 is 0 Å². The van der Waals surface area contributed by atoms with Gasteiger partial charge in [-0.05, 0) is 55.4 Å². The van der Waals surface area contributed by atoms with E-state index in [1.54, 1.807) is 6.20 Å². The quantitative estimate of drug-likeness (QED) is 0.878. The lowest BCUT2D eigenvalue weighted by atomic mass is 9.83. The number of hydrogen-bond donors (Lipinski definition) is 2. The molecule has 1 unspecified atom stereocenters. The van der Waals surface area contributed by atoms with Crippen LogP contribution in [-0.4, -0.2) is 30.6 Å². The highest BCUT2D eigenvalue weighted by Gasteiger charge is 2.21. The number of hydrogen-bond acceptors (Lipinski definition) is 3. The SMILES string of the molecule is O=C(NCC1CCCc2ccccc21)Nc1cccnc1N1CCCC1. The van der Waals surface area contributed by atoms with E-state index in [0.717, 1.165) is 37.4 Å². The van der Waals surface area contributed by atoms with Gasteiger partial charge in [-0.1, -0.05) is 24.3 Å². The van der Waals surface area contributed by atoms with Crippen molar-refractivity contribution in [1.29, 1.82) is 0 Å². The van der Waals surface area contributed by atoms with E-state index in [1.165, 1.54) is 30.4 Å². The van der Waals surface area contributed by atoms with E-state index in [9.17, 15) is 4.79 Å². The molecule has 5 heteroatoms. The van der Waals surface area contributed by atoms with Gasteiger partial charge in [0.1, 0.15) is 0 Å². The maximum atomic E-state index is 12.5. The first-order chi connectivity index (χ1) is 12.8. The van der Waals surface area contributed by atoms with Crippen molar-refractivity contribution in [2.24, 2.45) is 0 Å². The second kappa shape index (κ2) is 7.77. The van der Waals surface area contributed by atoms with Crippen molar-refractivity contribution in [2.75, 3.05) is 29.9 Å². The summed E-state index contributed by atoms with van der Waals surface area (Å²) in [5.41, 5.74) is 3.60. The zero-order valence-corrected chi connectivity index (χ0v) is 15.1. The number of nitrogens with zero attached hydrogens (tertiary/aromatic N) is 2. The molecule has 26 heavy (non-hydrogen) atoms. The lowest BCUT2D eigenvalue weighted by Gasteiger charge is -2.26. The van der Waals surface area contributed by atoms with Crippen LogP contribution in [0.2, 0.25) is 0 Å². The molecule has 136 valence electrons. The van der Waals surface area contributed by atoms with E-state index in [4.69, 9.17) is 0 Å². The fraction of sp³-hybridized carbons (Fsp3) is 0.429. The molecule has 2 heterocycles. The summed E-state index contributed by atoms with van der Waals surface area (Å²) < 4.78 is 0. The van der Waals surface area contributed by atoms with E-state index >= 15 is 0 Å². The van der Waals surface area contributed by atoms with Gasteiger partial charge in [0.05, 0.1) is 5.69 Å². The highest BCUT2D eigenvalue weighted by Crippen LogP contribution is 2.31. The van der Waals surface area contributed by atoms with Gasteiger partial charge in [0, 0.05) is 31.7 Å². The number of benzene rings is 1. The minimum absolute atomic E-state index is 0.151. The number of aromatic nitrogens is 1. The van der Waals surface area contributed by atoms with Crippen LogP contribution in [0.4, 0.5) is 16.3 Å². The lowest BCUT2D eigenvalue weighted by molar-refractivity contribution is 0.251. The summed E-state index contributed by atoms with van der Waals surface area (Å²) >= 11 is 0. The molecule has 5 nitrogen and oxygen atoms in total. The van der Waals surface area contributed by atoms with Gasteiger partial charge in [0.15, 0.2) is 5.82 Å². The summed E-state index contributed by atoms with van der Waals surface area (Å²) in [7, 11) is 0. The molecule has 1 aliphatic heterocycles. The van der Waals surface area contributed by atoms with E-state index < -0.39 is 0 Å². The highest BCUT2D eigenvalue weighted by atomic mass is 16.2. The normalized spacial score (nSPS) is 19.1. The van der Waals surface area contributed by atoms with Crippen LogP contribution in [0.15, 0.2) is 42.6 Å². The number of aryl methyl sites for hydroxylation is 1. The Kier molecular flexibility index (Phi) is 5.04. The third kappa shape index (κ3) is 3.66. The molecule has 1 atom stereocenters. The average molecular weight is 350 g/mol. The fourth-order valence-electron chi connectivity index (χ4n) is 4.12. The minimum atomic E-state index is -0.151. The van der Waals surface area contributed by atoms with Crippen LogP contribution in [0.5, 0.6) is 0 Å². The second-order valence-electron chi connectivity index (χ2n) is 7.19. The maximum Gasteiger partial charge on any atom is 0.319 e. The van der Waals surface area contributed by atoms with Crippen molar-refractivity contribution < 1.29 is 4.79 Å². The fourth-order valence-corrected chi connectivity index (χ4v) is 4.12. The molecule has 4 rings (SSSR count).